The van der Waals surface area contributed by atoms with Crippen LogP contribution in [0.1, 0.15) is 23.8 Å². The molecule has 20 heavy (non-hydrogen) atoms. The summed E-state index contributed by atoms with van der Waals surface area (Å²) >= 11 is 0. The van der Waals surface area contributed by atoms with Crippen molar-refractivity contribution in [3.05, 3.63) is 36.0 Å². The molecule has 0 amide bonds. The number of nitrogen functional groups attached to an aromatic ring is 1. The predicted octanol–water partition coefficient (Wildman–Crippen LogP) is 2.21. The molecule has 0 fully saturated rings. The maximum absolute atomic E-state index is 11.0. The molecular formula is C14H15N3O3. The predicted molar refractivity (Wildman–Crippen MR) is 74.6 cm³/mol. The summed E-state index contributed by atoms with van der Waals surface area (Å²) in [7, 11) is 0. The van der Waals surface area contributed by atoms with Crippen molar-refractivity contribution in [3.63, 3.8) is 0 Å². The Balaban J connectivity index is 2.48. The van der Waals surface area contributed by atoms with Crippen LogP contribution in [0.3, 0.4) is 0 Å². The summed E-state index contributed by atoms with van der Waals surface area (Å²) in [6, 6.07) is 8.67. The molecule has 0 bridgehead atoms. The van der Waals surface area contributed by atoms with Gasteiger partial charge < -0.3 is 15.6 Å². The number of hydrogen-bond acceptors (Lipinski definition) is 5. The Labute approximate surface area is 116 Å². The van der Waals surface area contributed by atoms with Crippen molar-refractivity contribution in [2.45, 2.75) is 13.3 Å². The number of carbonyl (C=O) groups is 1. The van der Waals surface area contributed by atoms with Crippen LogP contribution in [0.25, 0.3) is 11.3 Å². The Kier molecular flexibility index (Phi) is 4.14. The third-order valence-electron chi connectivity index (χ3n) is 2.59. The van der Waals surface area contributed by atoms with Gasteiger partial charge in [-0.05, 0) is 24.6 Å². The lowest BCUT2D eigenvalue weighted by molar-refractivity contribution is 0.0690. The smallest absolute Gasteiger partial charge is 0.354 e. The van der Waals surface area contributed by atoms with Gasteiger partial charge in [0.05, 0.1) is 12.3 Å². The highest BCUT2D eigenvalue weighted by molar-refractivity contribution is 5.87. The zero-order valence-electron chi connectivity index (χ0n) is 11.0. The number of ether oxygens (including phenoxy) is 1. The molecule has 1 aromatic carbocycles. The topological polar surface area (TPSA) is 98.3 Å². The highest BCUT2D eigenvalue weighted by atomic mass is 16.5. The van der Waals surface area contributed by atoms with E-state index in [1.165, 1.54) is 6.07 Å². The van der Waals surface area contributed by atoms with Crippen LogP contribution >= 0.6 is 0 Å². The second kappa shape index (κ2) is 6.01. The minimum atomic E-state index is -1.15. The van der Waals surface area contributed by atoms with Crippen molar-refractivity contribution < 1.29 is 14.6 Å². The van der Waals surface area contributed by atoms with Crippen LogP contribution in [0.5, 0.6) is 5.75 Å². The molecule has 2 aromatic rings. The van der Waals surface area contributed by atoms with Crippen LogP contribution in [0.2, 0.25) is 0 Å². The van der Waals surface area contributed by atoms with Crippen LogP contribution < -0.4 is 10.5 Å². The van der Waals surface area contributed by atoms with Crippen molar-refractivity contribution >= 4 is 11.9 Å². The van der Waals surface area contributed by atoms with Gasteiger partial charge in [0.1, 0.15) is 5.75 Å². The van der Waals surface area contributed by atoms with Gasteiger partial charge in [0, 0.05) is 5.56 Å². The van der Waals surface area contributed by atoms with Crippen LogP contribution in [-0.4, -0.2) is 27.7 Å². The quantitative estimate of drug-likeness (QED) is 0.866. The highest BCUT2D eigenvalue weighted by Crippen LogP contribution is 2.29. The van der Waals surface area contributed by atoms with Gasteiger partial charge >= 0.3 is 5.97 Å². The van der Waals surface area contributed by atoms with Crippen molar-refractivity contribution in [2.75, 3.05) is 12.3 Å². The first-order chi connectivity index (χ1) is 9.61. The number of hydrogen-bond donors (Lipinski definition) is 2. The molecule has 0 saturated carbocycles. The normalized spacial score (nSPS) is 10.2. The van der Waals surface area contributed by atoms with Gasteiger partial charge in [-0.25, -0.2) is 14.8 Å². The summed E-state index contributed by atoms with van der Waals surface area (Å²) in [6.45, 7) is 2.58. The summed E-state index contributed by atoms with van der Waals surface area (Å²) in [5.41, 5.74) is 6.54. The minimum absolute atomic E-state index is 0.0785. The standard InChI is InChI=1S/C14H15N3O3/c1-2-7-20-12-6-4-3-5-9(12)10-8-11(13(18)19)17-14(15)16-10/h3-6,8H,2,7H2,1H3,(H,18,19)(H2,15,16,17). The number of aromatic nitrogens is 2. The molecule has 1 heterocycles. The van der Waals surface area contributed by atoms with Gasteiger partial charge in [-0.2, -0.15) is 0 Å². The molecule has 0 aliphatic heterocycles. The minimum Gasteiger partial charge on any atom is -0.493 e. The van der Waals surface area contributed by atoms with E-state index >= 15 is 0 Å². The fourth-order valence-electron chi connectivity index (χ4n) is 1.73. The lowest BCUT2D eigenvalue weighted by atomic mass is 10.1. The first-order valence-corrected chi connectivity index (χ1v) is 6.22. The molecule has 0 saturated heterocycles. The molecule has 0 unspecified atom stereocenters. The fraction of sp³-hybridized carbons (Fsp3) is 0.214. The van der Waals surface area contributed by atoms with E-state index in [0.717, 1.165) is 6.42 Å². The monoisotopic (exact) mass is 273 g/mol. The third kappa shape index (κ3) is 3.03. The molecule has 0 radical (unpaired) electrons. The molecule has 6 nitrogen and oxygen atoms in total. The Bertz CT molecular complexity index is 629. The van der Waals surface area contributed by atoms with E-state index in [-0.39, 0.29) is 11.6 Å². The number of benzene rings is 1. The number of rotatable bonds is 5. The van der Waals surface area contributed by atoms with Crippen LogP contribution in [0.15, 0.2) is 30.3 Å². The molecule has 0 aliphatic carbocycles. The van der Waals surface area contributed by atoms with Crippen molar-refractivity contribution in [1.29, 1.82) is 0 Å². The summed E-state index contributed by atoms with van der Waals surface area (Å²) in [4.78, 5) is 18.8. The molecule has 6 heteroatoms. The van der Waals surface area contributed by atoms with E-state index in [1.807, 2.05) is 25.1 Å². The second-order valence-electron chi connectivity index (χ2n) is 4.15. The molecule has 1 aromatic heterocycles. The number of carboxylic acid groups (broad SMARTS) is 1. The van der Waals surface area contributed by atoms with Crippen molar-refractivity contribution in [2.24, 2.45) is 0 Å². The van der Waals surface area contributed by atoms with Gasteiger partial charge in [-0.3, -0.25) is 0 Å². The zero-order valence-corrected chi connectivity index (χ0v) is 11.0. The molecule has 0 aliphatic rings. The Morgan fingerprint density at radius 1 is 1.35 bits per heavy atom. The average molecular weight is 273 g/mol. The number of anilines is 1. The third-order valence-corrected chi connectivity index (χ3v) is 2.59. The first kappa shape index (κ1) is 13.8. The Morgan fingerprint density at radius 2 is 2.10 bits per heavy atom. The number of para-hydroxylation sites is 1. The van der Waals surface area contributed by atoms with Gasteiger partial charge in [0.15, 0.2) is 5.69 Å². The second-order valence-corrected chi connectivity index (χ2v) is 4.15. The lowest BCUT2D eigenvalue weighted by Crippen LogP contribution is -2.06. The molecule has 2 rings (SSSR count). The van der Waals surface area contributed by atoms with Crippen molar-refractivity contribution in [3.8, 4) is 17.0 Å². The largest absolute Gasteiger partial charge is 0.493 e. The van der Waals surface area contributed by atoms with E-state index in [2.05, 4.69) is 9.97 Å². The molecule has 0 atom stereocenters. The van der Waals surface area contributed by atoms with Gasteiger partial charge in [0.2, 0.25) is 5.95 Å². The summed E-state index contributed by atoms with van der Waals surface area (Å²) in [6.07, 6.45) is 0.876. The van der Waals surface area contributed by atoms with E-state index in [1.54, 1.807) is 6.07 Å². The van der Waals surface area contributed by atoms with Crippen molar-refractivity contribution in [1.82, 2.24) is 9.97 Å². The summed E-state index contributed by atoms with van der Waals surface area (Å²) in [5.74, 6) is -0.582. The Hall–Kier alpha value is -2.63. The van der Waals surface area contributed by atoms with E-state index < -0.39 is 5.97 Å². The lowest BCUT2D eigenvalue weighted by Gasteiger charge is -2.10. The molecule has 0 spiro atoms. The number of nitrogens with zero attached hydrogens (tertiary/aromatic N) is 2. The van der Waals surface area contributed by atoms with Gasteiger partial charge in [-0.1, -0.05) is 19.1 Å². The molecule has 3 N–H and O–H groups in total. The first-order valence-electron chi connectivity index (χ1n) is 6.22. The van der Waals surface area contributed by atoms with E-state index in [0.29, 0.717) is 23.6 Å². The zero-order chi connectivity index (χ0) is 14.5. The summed E-state index contributed by atoms with van der Waals surface area (Å²) < 4.78 is 5.63. The maximum Gasteiger partial charge on any atom is 0.354 e. The molecular weight excluding hydrogens is 258 g/mol. The van der Waals surface area contributed by atoms with Gasteiger partial charge in [-0.15, -0.1) is 0 Å². The molecule has 104 valence electrons. The van der Waals surface area contributed by atoms with E-state index in [4.69, 9.17) is 15.6 Å². The highest BCUT2D eigenvalue weighted by Gasteiger charge is 2.13. The summed E-state index contributed by atoms with van der Waals surface area (Å²) in [5, 5.41) is 9.01. The van der Waals surface area contributed by atoms with Crippen LogP contribution in [-0.2, 0) is 0 Å². The van der Waals surface area contributed by atoms with Crippen LogP contribution in [0.4, 0.5) is 5.95 Å². The van der Waals surface area contributed by atoms with Crippen LogP contribution in [0, 0.1) is 0 Å². The maximum atomic E-state index is 11.0. The van der Waals surface area contributed by atoms with Gasteiger partial charge in [0.25, 0.3) is 0 Å². The average Bonchev–Trinajstić information content (AvgIpc) is 2.44. The fourth-order valence-corrected chi connectivity index (χ4v) is 1.73. The Morgan fingerprint density at radius 3 is 2.80 bits per heavy atom. The number of carboxylic acids is 1. The number of nitrogens with two attached hydrogens (primary N) is 1. The van der Waals surface area contributed by atoms with E-state index in [9.17, 15) is 4.79 Å². The number of aromatic carboxylic acids is 1. The SMILES string of the molecule is CCCOc1ccccc1-c1cc(C(=O)O)nc(N)n1.